The van der Waals surface area contributed by atoms with E-state index < -0.39 is 0 Å². The second-order valence-electron chi connectivity index (χ2n) is 54.1. The molecule has 7 aromatic rings. The fraction of sp³-hybridized carbons (Fsp3) is 0.667. The number of pyridine rings is 2. The van der Waals surface area contributed by atoms with Gasteiger partial charge in [-0.05, 0) is 295 Å². The van der Waals surface area contributed by atoms with Gasteiger partial charge < -0.3 is 14.5 Å². The lowest BCUT2D eigenvalue weighted by atomic mass is 9.86. The predicted molar refractivity (Wildman–Crippen MR) is 566 cm³/mol. The molecule has 0 saturated carbocycles. The molecule has 2 amide bonds. The Kier molecular flexibility index (Phi) is 49.1. The van der Waals surface area contributed by atoms with Crippen molar-refractivity contribution in [3.63, 3.8) is 0 Å². The second-order valence-corrected chi connectivity index (χ2v) is 54.1. The largest absolute Gasteiger partial charge is 0.376 e. The average molecular weight is 1770 g/mol. The first-order valence-electron chi connectivity index (χ1n) is 49.5. The third-order valence-electron chi connectivity index (χ3n) is 20.7. The minimum absolute atomic E-state index is 0.0206. The summed E-state index contributed by atoms with van der Waals surface area (Å²) in [6, 6.07) is 49.2. The van der Waals surface area contributed by atoms with E-state index in [1.165, 1.54) is 94.7 Å². The molecule has 4 aromatic carbocycles. The number of rotatable bonds is 25. The van der Waals surface area contributed by atoms with Crippen molar-refractivity contribution in [1.82, 2.24) is 29.7 Å². The van der Waals surface area contributed by atoms with Crippen LogP contribution in [0.2, 0.25) is 0 Å². The number of amides is 2. The van der Waals surface area contributed by atoms with Gasteiger partial charge in [-0.3, -0.25) is 19.6 Å². The van der Waals surface area contributed by atoms with Gasteiger partial charge in [0.25, 0.3) is 11.8 Å². The molecule has 7 rings (SSSR count). The van der Waals surface area contributed by atoms with E-state index in [1.54, 1.807) is 0 Å². The van der Waals surface area contributed by atoms with Gasteiger partial charge in [-0.25, -0.2) is 9.97 Å². The Labute approximate surface area is 798 Å². The third kappa shape index (κ3) is 67.1. The van der Waals surface area contributed by atoms with Crippen molar-refractivity contribution >= 4 is 11.8 Å². The first kappa shape index (κ1) is 120. The highest BCUT2D eigenvalue weighted by atomic mass is 16.5. The van der Waals surface area contributed by atoms with Gasteiger partial charge in [0.2, 0.25) is 0 Å². The van der Waals surface area contributed by atoms with E-state index in [-0.39, 0.29) is 49.9 Å². The summed E-state index contributed by atoms with van der Waals surface area (Å²) in [4.78, 5) is 47.2. The fourth-order valence-electron chi connectivity index (χ4n) is 14.4. The zero-order valence-corrected chi connectivity index (χ0v) is 92.3. The normalized spacial score (nSPS) is 12.7. The molecular weight excluding hydrogens is 1570 g/mol. The molecular formula is C120H200N6O3. The zero-order valence-electron chi connectivity index (χ0n) is 92.3. The van der Waals surface area contributed by atoms with Crippen LogP contribution in [0.4, 0.5) is 0 Å². The molecule has 0 unspecified atom stereocenters. The van der Waals surface area contributed by atoms with Crippen molar-refractivity contribution in [1.29, 1.82) is 0 Å². The second kappa shape index (κ2) is 52.7. The molecule has 0 N–H and O–H groups in total. The van der Waals surface area contributed by atoms with Gasteiger partial charge in [0.15, 0.2) is 0 Å². The Morgan fingerprint density at radius 1 is 0.287 bits per heavy atom. The third-order valence-corrected chi connectivity index (χ3v) is 20.7. The lowest BCUT2D eigenvalue weighted by Gasteiger charge is -2.27. The maximum Gasteiger partial charge on any atom is 0.253 e. The zero-order chi connectivity index (χ0) is 99.5. The van der Waals surface area contributed by atoms with Crippen LogP contribution in [0.3, 0.4) is 0 Å². The minimum atomic E-state index is -0.0206. The maximum atomic E-state index is 12.5. The van der Waals surface area contributed by atoms with Crippen LogP contribution in [0.1, 0.15) is 431 Å². The summed E-state index contributed by atoms with van der Waals surface area (Å²) in [5, 5.41) is 0. The van der Waals surface area contributed by atoms with Crippen molar-refractivity contribution in [2.45, 2.75) is 424 Å². The van der Waals surface area contributed by atoms with E-state index >= 15 is 0 Å². The highest BCUT2D eigenvalue weighted by molar-refractivity contribution is 5.94. The van der Waals surface area contributed by atoms with E-state index in [0.717, 1.165) is 126 Å². The first-order valence-corrected chi connectivity index (χ1v) is 49.5. The number of aryl methyl sites for hydroxylation is 5. The Balaban J connectivity index is 0.000000753. The molecule has 728 valence electrons. The van der Waals surface area contributed by atoms with E-state index in [1.807, 2.05) is 72.6 Å². The summed E-state index contributed by atoms with van der Waals surface area (Å²) in [6.45, 7) is 96.5. The highest BCUT2D eigenvalue weighted by Crippen LogP contribution is 2.32. The van der Waals surface area contributed by atoms with Crippen LogP contribution in [-0.4, -0.2) is 80.9 Å². The molecule has 3 heterocycles. The summed E-state index contributed by atoms with van der Waals surface area (Å²) >= 11 is 0. The predicted octanol–water partition coefficient (Wildman–Crippen LogP) is 33.3. The lowest BCUT2D eigenvalue weighted by Crippen LogP contribution is -2.34. The molecule has 0 bridgehead atoms. The Hall–Kier alpha value is -6.84. The van der Waals surface area contributed by atoms with E-state index in [4.69, 9.17) is 14.7 Å². The number of carbonyl (C=O) groups is 2. The molecule has 0 fully saturated rings. The topological polar surface area (TPSA) is 101 Å². The summed E-state index contributed by atoms with van der Waals surface area (Å²) in [6.07, 6.45) is 23.1. The fourth-order valence-corrected chi connectivity index (χ4v) is 14.4. The molecule has 0 spiro atoms. The van der Waals surface area contributed by atoms with Gasteiger partial charge in [0, 0.05) is 86.0 Å². The van der Waals surface area contributed by atoms with Gasteiger partial charge in [-0.1, -0.05) is 355 Å². The molecule has 3 aromatic heterocycles. The number of hydrogen-bond acceptors (Lipinski definition) is 7. The lowest BCUT2D eigenvalue weighted by molar-refractivity contribution is -0.00386. The van der Waals surface area contributed by atoms with Gasteiger partial charge in [0.1, 0.15) is 5.82 Å². The van der Waals surface area contributed by atoms with Crippen molar-refractivity contribution in [3.8, 4) is 0 Å². The van der Waals surface area contributed by atoms with Crippen LogP contribution < -0.4 is 0 Å². The van der Waals surface area contributed by atoms with Crippen LogP contribution in [-0.2, 0) is 80.8 Å². The van der Waals surface area contributed by atoms with Gasteiger partial charge >= 0.3 is 0 Å². The average Bonchev–Trinajstić information content (AvgIpc) is 0.849. The van der Waals surface area contributed by atoms with Crippen molar-refractivity contribution < 1.29 is 14.3 Å². The van der Waals surface area contributed by atoms with Gasteiger partial charge in [-0.15, -0.1) is 0 Å². The van der Waals surface area contributed by atoms with Crippen molar-refractivity contribution in [2.24, 2.45) is 65.0 Å². The number of benzene rings is 4. The Morgan fingerprint density at radius 3 is 1.04 bits per heavy atom. The molecule has 0 aliphatic heterocycles. The molecule has 0 aliphatic rings. The quantitative estimate of drug-likeness (QED) is 0.0525. The van der Waals surface area contributed by atoms with Gasteiger partial charge in [0.05, 0.1) is 5.60 Å². The van der Waals surface area contributed by atoms with E-state index in [2.05, 4.69) is 398 Å². The highest BCUT2D eigenvalue weighted by Gasteiger charge is 2.25. The number of carbonyl (C=O) groups excluding carboxylic acids is 2. The van der Waals surface area contributed by atoms with Crippen LogP contribution in [0, 0.1) is 65.0 Å². The number of hydrogen-bond donors (Lipinski definition) is 0. The molecule has 0 saturated heterocycles. The number of ether oxygens (including phenoxy) is 1. The maximum absolute atomic E-state index is 12.5. The van der Waals surface area contributed by atoms with Gasteiger partial charge in [-0.2, -0.15) is 0 Å². The molecule has 0 radical (unpaired) electrons. The minimum Gasteiger partial charge on any atom is -0.376 e. The SMILES string of the molecule is CC(C)(C)CCCc1ccc(CC(C)(C)C)cc1.CC(C)(C)CCCc1cccc(CC(C)(C)C)n1.CC(C)(C)CCc1cccc(CC(C)(C)C)n1.CC(C)(C)CCc1nccc(CC(C)(C)C)n1.CC(C)(C)OCCCc1cccc(C(C)(C)C)c1.CN(CC(C)(C)C)C(=O)c1cccc(CC(C)(C)C)c1.CN(CCC(C)(C)C)C(=O)c1cccc(CC(C)(C)C)c1. The summed E-state index contributed by atoms with van der Waals surface area (Å²) in [5.41, 5.74) is 19.9. The molecule has 0 atom stereocenters. The molecule has 0 aliphatic carbocycles. The van der Waals surface area contributed by atoms with E-state index in [9.17, 15) is 9.59 Å². The van der Waals surface area contributed by atoms with Crippen LogP contribution in [0.15, 0.2) is 146 Å². The van der Waals surface area contributed by atoms with Crippen molar-refractivity contribution in [2.75, 3.05) is 33.8 Å². The molecule has 9 heteroatoms. The summed E-state index contributed by atoms with van der Waals surface area (Å²) < 4.78 is 5.75. The van der Waals surface area contributed by atoms with Crippen LogP contribution in [0.5, 0.6) is 0 Å². The van der Waals surface area contributed by atoms with Crippen LogP contribution >= 0.6 is 0 Å². The van der Waals surface area contributed by atoms with Crippen LogP contribution in [0.25, 0.3) is 0 Å². The van der Waals surface area contributed by atoms with Crippen molar-refractivity contribution in [3.05, 3.63) is 225 Å². The standard InChI is InChI=1S/C19H31NO.C18H29NO.C18H30.C17H29N.C17H28O.C16H27N.C15H26N2/c1-18(2,3)11-12-20(7)17(21)16-10-8-9-15(13-16)14-19(4,5)6;1-17(2,3)12-14-9-8-10-15(11-14)16(20)19(7)13-18(4,5)6;1-17(2,3)13-7-8-15-9-11-16(12-10-15)14-18(4,5)6;1-16(2,3)12-8-11-14-9-7-10-15(18-14)13-17(4,5)6;1-16(2,3)15-11-7-9-14(13-15)10-8-12-18-17(4,5)6;1-15(2,3)11-10-13-8-7-9-14(17-13)12-16(4,5)6;1-14(2,3)9-7-13-16-10-8-12(17-13)11-15(4,5)6/h8-10,13H,11-12,14H2,1-7H3;8-11H,12-13H2,1-7H3;9-12H,7-8,13-14H2,1-6H3;7,9-10H,8,11-13H2,1-6H3;7,9,11,13H,8,10,12H2,1-6H3;7-9H,10-12H2,1-6H3;8,10H,7,9,11H2,1-6H3. The Morgan fingerprint density at radius 2 is 0.636 bits per heavy atom. The number of aromatic nitrogens is 4. The summed E-state index contributed by atoms with van der Waals surface area (Å²) in [7, 11) is 3.77. The molecule has 9 nitrogen and oxygen atoms in total. The Bertz CT molecular complexity index is 4210. The first-order chi connectivity index (χ1) is 58.3. The number of nitrogens with zero attached hydrogens (tertiary/aromatic N) is 6. The smallest absolute Gasteiger partial charge is 0.253 e. The monoisotopic (exact) mass is 1770 g/mol. The van der Waals surface area contributed by atoms with E-state index in [0.29, 0.717) is 37.9 Å². The summed E-state index contributed by atoms with van der Waals surface area (Å²) in [5.74, 6) is 1.22. The molecule has 129 heavy (non-hydrogen) atoms.